The number of aryl methyl sites for hydroxylation is 1. The number of benzene rings is 1. The smallest absolute Gasteiger partial charge is 0.132 e. The molecule has 1 fully saturated rings. The Balaban J connectivity index is 2.32. The Morgan fingerprint density at radius 2 is 2.13 bits per heavy atom. The number of nitrogens with zero attached hydrogens (tertiary/aromatic N) is 2. The summed E-state index contributed by atoms with van der Waals surface area (Å²) in [6, 6.07) is 8.07. The lowest BCUT2D eigenvalue weighted by atomic mass is 10.0. The van der Waals surface area contributed by atoms with Crippen LogP contribution in [0, 0.1) is 0 Å². The van der Waals surface area contributed by atoms with Crippen molar-refractivity contribution in [3.05, 3.63) is 30.0 Å². The zero-order valence-electron chi connectivity index (χ0n) is 8.60. The van der Waals surface area contributed by atoms with Gasteiger partial charge in [0.2, 0.25) is 0 Å². The summed E-state index contributed by atoms with van der Waals surface area (Å²) in [4.78, 5) is 11.1. The minimum Gasteiger partial charge on any atom is -0.302 e. The van der Waals surface area contributed by atoms with Gasteiger partial charge in [-0.2, -0.15) is 5.10 Å². The maximum atomic E-state index is 11.1. The van der Waals surface area contributed by atoms with Crippen molar-refractivity contribution >= 4 is 17.2 Å². The van der Waals surface area contributed by atoms with E-state index in [0.29, 0.717) is 0 Å². The van der Waals surface area contributed by atoms with Crippen LogP contribution >= 0.6 is 0 Å². The van der Waals surface area contributed by atoms with Crippen LogP contribution in [0.2, 0.25) is 0 Å². The first kappa shape index (κ1) is 8.65. The van der Waals surface area contributed by atoms with Gasteiger partial charge in [-0.1, -0.05) is 18.2 Å². The number of fused-ring (bicyclic) bond motifs is 1. The van der Waals surface area contributed by atoms with E-state index in [4.69, 9.17) is 0 Å². The van der Waals surface area contributed by atoms with Gasteiger partial charge in [-0.3, -0.25) is 4.68 Å². The fourth-order valence-electron chi connectivity index (χ4n) is 2.13. The lowest BCUT2D eigenvalue weighted by molar-refractivity contribution is -0.109. The molecule has 1 aromatic carbocycles. The number of aldehydes is 1. The highest BCUT2D eigenvalue weighted by Crippen LogP contribution is 2.47. The molecule has 1 heterocycles. The van der Waals surface area contributed by atoms with Gasteiger partial charge in [-0.15, -0.1) is 0 Å². The van der Waals surface area contributed by atoms with Crippen molar-refractivity contribution in [2.24, 2.45) is 7.05 Å². The summed E-state index contributed by atoms with van der Waals surface area (Å²) in [6.07, 6.45) is 2.94. The van der Waals surface area contributed by atoms with Crippen molar-refractivity contribution in [1.29, 1.82) is 0 Å². The SMILES string of the molecule is Cn1nc(C2(C=O)CC2)c2ccccc21. The fourth-order valence-corrected chi connectivity index (χ4v) is 2.13. The maximum Gasteiger partial charge on any atom is 0.132 e. The quantitative estimate of drug-likeness (QED) is 0.693. The molecule has 0 saturated heterocycles. The van der Waals surface area contributed by atoms with E-state index in [9.17, 15) is 4.79 Å². The van der Waals surface area contributed by atoms with Gasteiger partial charge >= 0.3 is 0 Å². The highest BCUT2D eigenvalue weighted by atomic mass is 16.1. The molecule has 1 aliphatic rings. The van der Waals surface area contributed by atoms with Crippen LogP contribution in [0.1, 0.15) is 18.5 Å². The second kappa shape index (κ2) is 2.69. The summed E-state index contributed by atoms with van der Waals surface area (Å²) in [5.41, 5.74) is 1.78. The number of rotatable bonds is 2. The van der Waals surface area contributed by atoms with Crippen molar-refractivity contribution in [2.45, 2.75) is 18.3 Å². The van der Waals surface area contributed by atoms with Crippen LogP contribution < -0.4 is 0 Å². The summed E-state index contributed by atoms with van der Waals surface area (Å²) in [6.45, 7) is 0. The van der Waals surface area contributed by atoms with Crippen molar-refractivity contribution in [1.82, 2.24) is 9.78 Å². The Kier molecular flexibility index (Phi) is 1.55. The predicted octanol–water partition coefficient (Wildman–Crippen LogP) is 1.80. The number of para-hydroxylation sites is 1. The number of carbonyl (C=O) groups is 1. The molecule has 3 rings (SSSR count). The van der Waals surface area contributed by atoms with E-state index in [1.807, 2.05) is 36.0 Å². The van der Waals surface area contributed by atoms with E-state index in [1.54, 1.807) is 0 Å². The molecule has 0 unspecified atom stereocenters. The summed E-state index contributed by atoms with van der Waals surface area (Å²) in [5.74, 6) is 0. The van der Waals surface area contributed by atoms with Gasteiger partial charge in [0, 0.05) is 12.4 Å². The number of aromatic nitrogens is 2. The first-order valence-electron chi connectivity index (χ1n) is 5.15. The topological polar surface area (TPSA) is 34.9 Å². The Morgan fingerprint density at radius 1 is 1.40 bits per heavy atom. The van der Waals surface area contributed by atoms with E-state index >= 15 is 0 Å². The first-order valence-corrected chi connectivity index (χ1v) is 5.15. The standard InChI is InChI=1S/C12H12N2O/c1-14-10-5-3-2-4-9(10)11(13-14)12(8-15)6-7-12/h2-5,8H,6-7H2,1H3. The summed E-state index contributed by atoms with van der Waals surface area (Å²) in [7, 11) is 1.92. The zero-order chi connectivity index (χ0) is 10.5. The molecule has 76 valence electrons. The molecule has 0 aliphatic heterocycles. The molecule has 1 saturated carbocycles. The highest BCUT2D eigenvalue weighted by molar-refractivity contribution is 5.88. The largest absolute Gasteiger partial charge is 0.302 e. The number of hydrogen-bond acceptors (Lipinski definition) is 2. The molecule has 15 heavy (non-hydrogen) atoms. The van der Waals surface area contributed by atoms with E-state index < -0.39 is 0 Å². The van der Waals surface area contributed by atoms with Crippen LogP contribution in [0.3, 0.4) is 0 Å². The Labute approximate surface area is 87.7 Å². The van der Waals surface area contributed by atoms with Crippen LogP contribution in [0.15, 0.2) is 24.3 Å². The summed E-state index contributed by atoms with van der Waals surface area (Å²) >= 11 is 0. The second-order valence-electron chi connectivity index (χ2n) is 4.26. The third-order valence-electron chi connectivity index (χ3n) is 3.24. The average Bonchev–Trinajstić information content (AvgIpc) is 3.00. The van der Waals surface area contributed by atoms with Crippen molar-refractivity contribution in [3.8, 4) is 0 Å². The lowest BCUT2D eigenvalue weighted by Crippen LogP contribution is -2.09. The van der Waals surface area contributed by atoms with Crippen LogP contribution in [0.25, 0.3) is 10.9 Å². The molecule has 1 aromatic heterocycles. The Hall–Kier alpha value is -1.64. The molecule has 3 heteroatoms. The molecule has 3 nitrogen and oxygen atoms in total. The van der Waals surface area contributed by atoms with E-state index in [0.717, 1.165) is 35.7 Å². The molecule has 0 atom stereocenters. The highest BCUT2D eigenvalue weighted by Gasteiger charge is 2.47. The minimum atomic E-state index is -0.277. The van der Waals surface area contributed by atoms with Crippen molar-refractivity contribution in [3.63, 3.8) is 0 Å². The lowest BCUT2D eigenvalue weighted by Gasteiger charge is -2.01. The zero-order valence-corrected chi connectivity index (χ0v) is 8.60. The minimum absolute atomic E-state index is 0.277. The molecule has 0 radical (unpaired) electrons. The van der Waals surface area contributed by atoms with Gasteiger partial charge in [-0.25, -0.2) is 0 Å². The molecule has 0 amide bonds. The van der Waals surface area contributed by atoms with Crippen molar-refractivity contribution < 1.29 is 4.79 Å². The summed E-state index contributed by atoms with van der Waals surface area (Å²) in [5, 5.41) is 5.60. The number of hydrogen-bond donors (Lipinski definition) is 0. The van der Waals surface area contributed by atoms with Crippen LogP contribution in [-0.2, 0) is 17.3 Å². The fraction of sp³-hybridized carbons (Fsp3) is 0.333. The van der Waals surface area contributed by atoms with Gasteiger partial charge in [0.1, 0.15) is 6.29 Å². The molecule has 0 spiro atoms. The Morgan fingerprint density at radius 3 is 2.80 bits per heavy atom. The van der Waals surface area contributed by atoms with E-state index in [-0.39, 0.29) is 5.41 Å². The third-order valence-corrected chi connectivity index (χ3v) is 3.24. The van der Waals surface area contributed by atoms with Gasteiger partial charge < -0.3 is 4.79 Å². The Bertz CT molecular complexity index is 538. The first-order chi connectivity index (χ1) is 7.27. The second-order valence-corrected chi connectivity index (χ2v) is 4.26. The average molecular weight is 200 g/mol. The normalized spacial score (nSPS) is 17.9. The van der Waals surface area contributed by atoms with Crippen LogP contribution in [0.5, 0.6) is 0 Å². The summed E-state index contributed by atoms with van der Waals surface area (Å²) < 4.78 is 1.86. The monoisotopic (exact) mass is 200 g/mol. The predicted molar refractivity (Wildman–Crippen MR) is 57.7 cm³/mol. The van der Waals surface area contributed by atoms with Crippen LogP contribution in [-0.4, -0.2) is 16.1 Å². The van der Waals surface area contributed by atoms with E-state index in [1.165, 1.54) is 0 Å². The molecular formula is C12H12N2O. The molecule has 2 aromatic rings. The maximum absolute atomic E-state index is 11.1. The van der Waals surface area contributed by atoms with Crippen LogP contribution in [0.4, 0.5) is 0 Å². The van der Waals surface area contributed by atoms with Gasteiger partial charge in [0.25, 0.3) is 0 Å². The van der Waals surface area contributed by atoms with Crippen molar-refractivity contribution in [2.75, 3.05) is 0 Å². The molecule has 1 aliphatic carbocycles. The van der Waals surface area contributed by atoms with Gasteiger partial charge in [0.15, 0.2) is 0 Å². The van der Waals surface area contributed by atoms with Gasteiger partial charge in [0.05, 0.1) is 16.6 Å². The number of carbonyl (C=O) groups excluding carboxylic acids is 1. The molecular weight excluding hydrogens is 188 g/mol. The van der Waals surface area contributed by atoms with Gasteiger partial charge in [-0.05, 0) is 18.9 Å². The van der Waals surface area contributed by atoms with E-state index in [2.05, 4.69) is 5.10 Å². The molecule has 0 N–H and O–H groups in total. The molecule has 0 bridgehead atoms. The third kappa shape index (κ3) is 1.06.